The van der Waals surface area contributed by atoms with E-state index in [4.69, 9.17) is 9.47 Å². The average molecular weight is 285 g/mol. The molecule has 2 rings (SSSR count). The van der Waals surface area contributed by atoms with Crippen LogP contribution < -0.4 is 5.32 Å². The molecule has 0 bridgehead atoms. The van der Waals surface area contributed by atoms with Gasteiger partial charge in [0.1, 0.15) is 0 Å². The van der Waals surface area contributed by atoms with E-state index in [9.17, 15) is 0 Å². The minimum atomic E-state index is -0.299. The summed E-state index contributed by atoms with van der Waals surface area (Å²) in [6.45, 7) is 2.93. The Labute approximate surface area is 126 Å². The minimum absolute atomic E-state index is 0.0230. The molecule has 0 amide bonds. The van der Waals surface area contributed by atoms with E-state index in [1.807, 2.05) is 6.07 Å². The molecule has 1 N–H and O–H groups in total. The van der Waals surface area contributed by atoms with Crippen molar-refractivity contribution in [1.29, 1.82) is 0 Å². The first-order valence-electron chi connectivity index (χ1n) is 7.24. The monoisotopic (exact) mass is 285 g/mol. The Morgan fingerprint density at radius 1 is 0.857 bits per heavy atom. The number of methoxy groups -OCH3 is 2. The van der Waals surface area contributed by atoms with Crippen molar-refractivity contribution in [3.63, 3.8) is 0 Å². The summed E-state index contributed by atoms with van der Waals surface area (Å²) < 4.78 is 10.8. The molecule has 21 heavy (non-hydrogen) atoms. The number of rotatable bonds is 7. The fraction of sp³-hybridized carbons (Fsp3) is 0.333. The van der Waals surface area contributed by atoms with Crippen LogP contribution in [0.15, 0.2) is 54.6 Å². The van der Waals surface area contributed by atoms with E-state index in [0.29, 0.717) is 0 Å². The van der Waals surface area contributed by atoms with Crippen LogP contribution in [-0.2, 0) is 9.47 Å². The number of nitrogens with one attached hydrogen (secondary N) is 1. The summed E-state index contributed by atoms with van der Waals surface area (Å²) in [5, 5.41) is 3.41. The average Bonchev–Trinajstić information content (AvgIpc) is 2.56. The molecule has 0 saturated carbocycles. The molecule has 0 radical (unpaired) electrons. The van der Waals surface area contributed by atoms with E-state index >= 15 is 0 Å². The second-order valence-electron chi connectivity index (χ2n) is 4.86. The van der Waals surface area contributed by atoms with Gasteiger partial charge in [0.25, 0.3) is 0 Å². The van der Waals surface area contributed by atoms with Crippen molar-refractivity contribution >= 4 is 0 Å². The summed E-state index contributed by atoms with van der Waals surface area (Å²) in [6.07, 6.45) is -0.299. The molecule has 0 fully saturated rings. The van der Waals surface area contributed by atoms with Gasteiger partial charge in [-0.1, -0.05) is 61.5 Å². The third-order valence-corrected chi connectivity index (χ3v) is 3.54. The van der Waals surface area contributed by atoms with Gasteiger partial charge in [0.2, 0.25) is 0 Å². The van der Waals surface area contributed by atoms with Gasteiger partial charge in [0, 0.05) is 14.2 Å². The standard InChI is InChI=1S/C18H23NO2/c1-4-19-17(18(20-2)21-3)16-12-10-15(11-13-16)14-8-6-5-7-9-14/h5-13,17-19H,4H2,1-3H3. The zero-order valence-corrected chi connectivity index (χ0v) is 12.9. The summed E-state index contributed by atoms with van der Waals surface area (Å²) in [7, 11) is 3.33. The first kappa shape index (κ1) is 15.7. The Hall–Kier alpha value is -1.68. The Morgan fingerprint density at radius 2 is 1.43 bits per heavy atom. The number of benzene rings is 2. The highest BCUT2D eigenvalue weighted by molar-refractivity contribution is 5.63. The topological polar surface area (TPSA) is 30.5 Å². The summed E-state index contributed by atoms with van der Waals surface area (Å²) in [6, 6.07) is 18.9. The van der Waals surface area contributed by atoms with Crippen molar-refractivity contribution in [2.45, 2.75) is 19.3 Å². The van der Waals surface area contributed by atoms with Gasteiger partial charge in [0.05, 0.1) is 6.04 Å². The smallest absolute Gasteiger partial charge is 0.176 e. The third kappa shape index (κ3) is 3.91. The fourth-order valence-electron chi connectivity index (χ4n) is 2.47. The molecule has 0 aliphatic carbocycles. The normalized spacial score (nSPS) is 12.6. The van der Waals surface area contributed by atoms with Gasteiger partial charge in [-0.2, -0.15) is 0 Å². The van der Waals surface area contributed by atoms with Crippen LogP contribution in [0.3, 0.4) is 0 Å². The molecule has 112 valence electrons. The molecule has 0 aliphatic rings. The summed E-state index contributed by atoms with van der Waals surface area (Å²) in [4.78, 5) is 0. The SMILES string of the molecule is CCNC(c1ccc(-c2ccccc2)cc1)C(OC)OC. The van der Waals surface area contributed by atoms with Gasteiger partial charge >= 0.3 is 0 Å². The molecule has 0 spiro atoms. The molecule has 0 aromatic heterocycles. The largest absolute Gasteiger partial charge is 0.354 e. The van der Waals surface area contributed by atoms with Crippen LogP contribution in [0, 0.1) is 0 Å². The number of hydrogen-bond acceptors (Lipinski definition) is 3. The van der Waals surface area contributed by atoms with Gasteiger partial charge in [0.15, 0.2) is 6.29 Å². The van der Waals surface area contributed by atoms with Gasteiger partial charge in [-0.05, 0) is 23.2 Å². The first-order chi connectivity index (χ1) is 10.3. The molecule has 2 aromatic carbocycles. The van der Waals surface area contributed by atoms with Crippen molar-refractivity contribution < 1.29 is 9.47 Å². The third-order valence-electron chi connectivity index (χ3n) is 3.54. The summed E-state index contributed by atoms with van der Waals surface area (Å²) in [5.41, 5.74) is 3.59. The van der Waals surface area contributed by atoms with Gasteiger partial charge < -0.3 is 14.8 Å². The molecule has 1 atom stereocenters. The lowest BCUT2D eigenvalue weighted by Gasteiger charge is -2.26. The second kappa shape index (κ2) is 7.93. The number of hydrogen-bond donors (Lipinski definition) is 1. The summed E-state index contributed by atoms with van der Waals surface area (Å²) in [5.74, 6) is 0. The zero-order chi connectivity index (χ0) is 15.1. The predicted molar refractivity (Wildman–Crippen MR) is 86.1 cm³/mol. The molecule has 2 aromatic rings. The van der Waals surface area contributed by atoms with Crippen molar-refractivity contribution in [3.8, 4) is 11.1 Å². The van der Waals surface area contributed by atoms with Crippen molar-refractivity contribution in [3.05, 3.63) is 60.2 Å². The maximum atomic E-state index is 5.40. The maximum absolute atomic E-state index is 5.40. The van der Waals surface area contributed by atoms with E-state index < -0.39 is 0 Å². The van der Waals surface area contributed by atoms with Crippen LogP contribution in [-0.4, -0.2) is 27.1 Å². The lowest BCUT2D eigenvalue weighted by Crippen LogP contribution is -2.34. The molecule has 3 nitrogen and oxygen atoms in total. The highest BCUT2D eigenvalue weighted by atomic mass is 16.7. The van der Waals surface area contributed by atoms with E-state index in [2.05, 4.69) is 60.8 Å². The Morgan fingerprint density at radius 3 is 1.95 bits per heavy atom. The van der Waals surface area contributed by atoms with Crippen LogP contribution in [0.1, 0.15) is 18.5 Å². The van der Waals surface area contributed by atoms with Crippen molar-refractivity contribution in [2.24, 2.45) is 0 Å². The van der Waals surface area contributed by atoms with E-state index in [0.717, 1.165) is 12.1 Å². The van der Waals surface area contributed by atoms with E-state index in [1.165, 1.54) is 11.1 Å². The molecular formula is C18H23NO2. The predicted octanol–water partition coefficient (Wildman–Crippen LogP) is 3.62. The molecule has 0 saturated heterocycles. The molecule has 0 heterocycles. The number of ether oxygens (including phenoxy) is 2. The van der Waals surface area contributed by atoms with E-state index in [-0.39, 0.29) is 12.3 Å². The van der Waals surface area contributed by atoms with Crippen LogP contribution in [0.4, 0.5) is 0 Å². The van der Waals surface area contributed by atoms with Crippen LogP contribution in [0.5, 0.6) is 0 Å². The van der Waals surface area contributed by atoms with Gasteiger partial charge in [-0.25, -0.2) is 0 Å². The number of likely N-dealkylation sites (N-methyl/N-ethyl adjacent to an activating group) is 1. The second-order valence-corrected chi connectivity index (χ2v) is 4.86. The first-order valence-corrected chi connectivity index (χ1v) is 7.24. The zero-order valence-electron chi connectivity index (χ0n) is 12.9. The van der Waals surface area contributed by atoms with Crippen LogP contribution in [0.25, 0.3) is 11.1 Å². The molecule has 0 aliphatic heterocycles. The molecule has 3 heteroatoms. The quantitative estimate of drug-likeness (QED) is 0.788. The summed E-state index contributed by atoms with van der Waals surface area (Å²) >= 11 is 0. The Balaban J connectivity index is 2.23. The van der Waals surface area contributed by atoms with Crippen LogP contribution >= 0.6 is 0 Å². The Kier molecular flexibility index (Phi) is 5.93. The minimum Gasteiger partial charge on any atom is -0.354 e. The van der Waals surface area contributed by atoms with Gasteiger partial charge in [-0.3, -0.25) is 0 Å². The lowest BCUT2D eigenvalue weighted by molar-refractivity contribution is -0.123. The highest BCUT2D eigenvalue weighted by Gasteiger charge is 2.21. The van der Waals surface area contributed by atoms with E-state index in [1.54, 1.807) is 14.2 Å². The maximum Gasteiger partial charge on any atom is 0.176 e. The van der Waals surface area contributed by atoms with Crippen molar-refractivity contribution in [2.75, 3.05) is 20.8 Å². The lowest BCUT2D eigenvalue weighted by atomic mass is 10.0. The molecular weight excluding hydrogens is 262 g/mol. The fourth-order valence-corrected chi connectivity index (χ4v) is 2.47. The Bertz CT molecular complexity index is 521. The highest BCUT2D eigenvalue weighted by Crippen LogP contribution is 2.24. The molecule has 1 unspecified atom stereocenters. The van der Waals surface area contributed by atoms with Crippen molar-refractivity contribution in [1.82, 2.24) is 5.32 Å². The van der Waals surface area contributed by atoms with Crippen LogP contribution in [0.2, 0.25) is 0 Å². The van der Waals surface area contributed by atoms with Gasteiger partial charge in [-0.15, -0.1) is 0 Å².